The summed E-state index contributed by atoms with van der Waals surface area (Å²) in [5, 5.41) is 27.7. The Morgan fingerprint density at radius 1 is 0.243 bits per heavy atom. The average Bonchev–Trinajstić information content (AvgIpc) is 3.40. The molecular weight excluding hydrogens is 905 g/mol. The van der Waals surface area contributed by atoms with Crippen molar-refractivity contribution in [1.82, 2.24) is 0 Å². The van der Waals surface area contributed by atoms with Crippen molar-refractivity contribution in [1.29, 1.82) is 0 Å². The molecule has 0 aromatic rings. The number of unbranched alkanes of at least 4 members (excludes halogenated alkanes) is 54. The molecule has 2 atom stereocenters. The molecule has 2 unspecified atom stereocenters. The summed E-state index contributed by atoms with van der Waals surface area (Å²) in [5.41, 5.74) is 0. The molecule has 5 heteroatoms. The van der Waals surface area contributed by atoms with E-state index in [1.165, 1.54) is 321 Å². The van der Waals surface area contributed by atoms with E-state index in [4.69, 9.17) is 0 Å². The Hall–Kier alpha value is -1.13. The van der Waals surface area contributed by atoms with Gasteiger partial charge in [-0.25, -0.2) is 0 Å². The fourth-order valence-corrected chi connectivity index (χ4v) is 12.1. The van der Waals surface area contributed by atoms with Gasteiger partial charge in [0.1, 0.15) is 10.8 Å². The molecule has 0 aromatic heterocycles. The van der Waals surface area contributed by atoms with Crippen molar-refractivity contribution >= 4 is 5.84 Å². The van der Waals surface area contributed by atoms with Crippen molar-refractivity contribution in [2.75, 3.05) is 0 Å². The largest absolute Gasteiger partial charge is 0.619 e. The third-order valence-corrected chi connectivity index (χ3v) is 17.2. The van der Waals surface area contributed by atoms with Gasteiger partial charge in [0.25, 0.3) is 0 Å². The molecular formula is C69H138N2O3. The van der Waals surface area contributed by atoms with E-state index in [0.29, 0.717) is 0 Å². The van der Waals surface area contributed by atoms with Crippen LogP contribution in [0.3, 0.4) is 0 Å². The highest BCUT2D eigenvalue weighted by Gasteiger charge is 2.37. The second-order valence-electron chi connectivity index (χ2n) is 24.5. The monoisotopic (exact) mass is 1040 g/mol. The number of hydrogen-bond acceptors (Lipinski definition) is 3. The minimum atomic E-state index is -0.255. The Balaban J connectivity index is 5.39. The van der Waals surface area contributed by atoms with Gasteiger partial charge in [0.15, 0.2) is 6.04 Å². The van der Waals surface area contributed by atoms with E-state index < -0.39 is 0 Å². The molecule has 0 saturated carbocycles. The highest BCUT2D eigenvalue weighted by molar-refractivity contribution is 5.71. The van der Waals surface area contributed by atoms with Gasteiger partial charge >= 0.3 is 5.84 Å². The number of nitro groups is 1. The summed E-state index contributed by atoms with van der Waals surface area (Å²) in [5.74, 6) is -0.192. The Labute approximate surface area is 466 Å². The van der Waals surface area contributed by atoms with Crippen LogP contribution in [0, 0.1) is 21.2 Å². The van der Waals surface area contributed by atoms with Crippen LogP contribution in [0.5, 0.6) is 0 Å². The molecule has 442 valence electrons. The van der Waals surface area contributed by atoms with Crippen LogP contribution in [-0.2, 0) is 0 Å². The van der Waals surface area contributed by atoms with Gasteiger partial charge in [0, 0.05) is 12.8 Å². The molecule has 0 heterocycles. The van der Waals surface area contributed by atoms with Crippen molar-refractivity contribution in [3.8, 4) is 0 Å². The molecule has 0 aliphatic heterocycles. The Kier molecular flexibility index (Phi) is 61.8. The first-order valence-electron chi connectivity index (χ1n) is 35.0. The van der Waals surface area contributed by atoms with Crippen molar-refractivity contribution < 1.29 is 9.66 Å². The van der Waals surface area contributed by atoms with Crippen LogP contribution >= 0.6 is 0 Å². The van der Waals surface area contributed by atoms with Crippen LogP contribution < -0.4 is 0 Å². The minimum Gasteiger partial charge on any atom is -0.619 e. The zero-order valence-electron chi connectivity index (χ0n) is 51.6. The zero-order valence-corrected chi connectivity index (χ0v) is 51.6. The van der Waals surface area contributed by atoms with Gasteiger partial charge in [-0.05, 0) is 25.7 Å². The van der Waals surface area contributed by atoms with Crippen LogP contribution in [0.4, 0.5) is 0 Å². The maximum Gasteiger partial charge on any atom is 0.485 e. The molecule has 0 spiro atoms. The second kappa shape index (κ2) is 62.7. The van der Waals surface area contributed by atoms with Gasteiger partial charge in [-0.3, -0.25) is 10.1 Å². The molecule has 0 aliphatic rings. The molecule has 0 N–H and O–H groups in total. The Morgan fingerprint density at radius 2 is 0.392 bits per heavy atom. The molecule has 0 fully saturated rings. The average molecular weight is 1040 g/mol. The van der Waals surface area contributed by atoms with Gasteiger partial charge < -0.3 is 5.21 Å². The molecule has 0 radical (unpaired) electrons. The SMILES string of the molecule is CCCCCCCCCCCCCCCCCCC(CCCCCCCCCCCCCCC)C([N+](=O)[O-])=[N+]([O-])C(CCCCCCCCCCCCCCCC)CCCCCCCCCCCCCCCCC. The summed E-state index contributed by atoms with van der Waals surface area (Å²) in [6.45, 7) is 9.18. The van der Waals surface area contributed by atoms with Gasteiger partial charge in [-0.2, -0.15) is 0 Å². The number of hydrogen-bond donors (Lipinski definition) is 0. The van der Waals surface area contributed by atoms with Gasteiger partial charge in [0.05, 0.1) is 0 Å². The minimum absolute atomic E-state index is 0.0289. The van der Waals surface area contributed by atoms with E-state index in [1.807, 2.05) is 0 Å². The summed E-state index contributed by atoms with van der Waals surface area (Å²) < 4.78 is 1.02. The van der Waals surface area contributed by atoms with Crippen molar-refractivity contribution in [3.63, 3.8) is 0 Å². The van der Waals surface area contributed by atoms with Crippen LogP contribution in [0.15, 0.2) is 0 Å². The molecule has 74 heavy (non-hydrogen) atoms. The van der Waals surface area contributed by atoms with Crippen molar-refractivity contribution in [2.45, 2.75) is 432 Å². The maximum atomic E-state index is 14.6. The predicted molar refractivity (Wildman–Crippen MR) is 332 cm³/mol. The molecule has 0 amide bonds. The molecule has 0 bridgehead atoms. The highest BCUT2D eigenvalue weighted by Crippen LogP contribution is 2.25. The number of hydroxylamine groups is 1. The third-order valence-electron chi connectivity index (χ3n) is 17.2. The van der Waals surface area contributed by atoms with E-state index >= 15 is 0 Å². The molecule has 0 saturated heterocycles. The molecule has 0 aromatic carbocycles. The third kappa shape index (κ3) is 52.9. The van der Waals surface area contributed by atoms with Gasteiger partial charge in [0.2, 0.25) is 0 Å². The first kappa shape index (κ1) is 72.9. The maximum absolute atomic E-state index is 14.6. The number of nitrogens with zero attached hydrogens (tertiary/aromatic N) is 2. The molecule has 0 aliphatic carbocycles. The van der Waals surface area contributed by atoms with Gasteiger partial charge in [-0.1, -0.05) is 387 Å². The highest BCUT2D eigenvalue weighted by atomic mass is 16.6. The van der Waals surface area contributed by atoms with E-state index in [1.54, 1.807) is 0 Å². The Bertz CT molecular complexity index is 1110. The lowest BCUT2D eigenvalue weighted by Gasteiger charge is -2.20. The summed E-state index contributed by atoms with van der Waals surface area (Å²) in [4.78, 5) is 12.9. The lowest BCUT2D eigenvalue weighted by molar-refractivity contribution is -0.561. The fourth-order valence-electron chi connectivity index (χ4n) is 12.1. The van der Waals surface area contributed by atoms with E-state index in [9.17, 15) is 15.3 Å². The zero-order chi connectivity index (χ0) is 53.7. The summed E-state index contributed by atoms with van der Waals surface area (Å²) in [6.07, 6.45) is 79.9. The first-order chi connectivity index (χ1) is 36.5. The van der Waals surface area contributed by atoms with E-state index in [2.05, 4.69) is 27.7 Å². The van der Waals surface area contributed by atoms with Crippen LogP contribution in [-0.4, -0.2) is 21.5 Å². The lowest BCUT2D eigenvalue weighted by atomic mass is 9.92. The quantitative estimate of drug-likeness (QED) is 0.0116. The smallest absolute Gasteiger partial charge is 0.485 e. The van der Waals surface area contributed by atoms with E-state index in [0.717, 1.165) is 81.8 Å². The summed E-state index contributed by atoms with van der Waals surface area (Å²) in [6, 6.07) is -0.255. The predicted octanol–water partition coefficient (Wildman–Crippen LogP) is 25.4. The second-order valence-corrected chi connectivity index (χ2v) is 24.5. The molecule has 0 rings (SSSR count). The van der Waals surface area contributed by atoms with Gasteiger partial charge in [-0.15, -0.1) is 4.74 Å². The fraction of sp³-hybridized carbons (Fsp3) is 0.986. The first-order valence-corrected chi connectivity index (χ1v) is 35.0. The topological polar surface area (TPSA) is 69.2 Å². The summed E-state index contributed by atoms with van der Waals surface area (Å²) >= 11 is 0. The number of amidine groups is 1. The number of rotatable bonds is 64. The summed E-state index contributed by atoms with van der Waals surface area (Å²) in [7, 11) is 0. The lowest BCUT2D eigenvalue weighted by Crippen LogP contribution is -2.37. The standard InChI is InChI=1S/C69H138N2O3/c1-5-9-13-17-21-25-29-33-36-38-40-44-48-52-56-60-64-67(63-59-55-51-47-43-39-32-28-24-20-16-12-8-4)69(71(73)74)70(72)68(65-61-57-53-49-45-41-35-31-27-23-19-15-11-7-3)66-62-58-54-50-46-42-37-34-30-26-22-18-14-10-6-2/h67-68H,5-66H2,1-4H3. The van der Waals surface area contributed by atoms with Crippen molar-refractivity contribution in [2.24, 2.45) is 5.92 Å². The Morgan fingerprint density at radius 3 is 0.554 bits per heavy atom. The molecule has 5 nitrogen and oxygen atoms in total. The normalized spacial score (nSPS) is 13.0. The van der Waals surface area contributed by atoms with Crippen LogP contribution in [0.2, 0.25) is 0 Å². The van der Waals surface area contributed by atoms with Crippen LogP contribution in [0.1, 0.15) is 426 Å². The van der Waals surface area contributed by atoms with E-state index in [-0.39, 0.29) is 22.7 Å². The van der Waals surface area contributed by atoms with Crippen LogP contribution in [0.25, 0.3) is 0 Å². The van der Waals surface area contributed by atoms with Crippen molar-refractivity contribution in [3.05, 3.63) is 15.3 Å².